The Bertz CT molecular complexity index is 367. The average molecular weight is 232 g/mol. The molecule has 1 N–H and O–H groups in total. The van der Waals surface area contributed by atoms with E-state index < -0.39 is 0 Å². The molecule has 0 aliphatic carbocycles. The van der Waals surface area contributed by atoms with Gasteiger partial charge >= 0.3 is 0 Å². The zero-order valence-electron chi connectivity index (χ0n) is 11.3. The fourth-order valence-corrected chi connectivity index (χ4v) is 2.52. The van der Waals surface area contributed by atoms with E-state index in [1.807, 2.05) is 0 Å². The van der Waals surface area contributed by atoms with E-state index in [9.17, 15) is 0 Å². The smallest absolute Gasteiger partial charge is 0.0366 e. The van der Waals surface area contributed by atoms with Crippen LogP contribution in [0.1, 0.15) is 24.0 Å². The number of hydrogen-bond donors (Lipinski definition) is 1. The summed E-state index contributed by atoms with van der Waals surface area (Å²) in [5.41, 5.74) is 4.12. The molecule has 1 aliphatic heterocycles. The van der Waals surface area contributed by atoms with Crippen molar-refractivity contribution in [1.29, 1.82) is 0 Å². The van der Waals surface area contributed by atoms with Gasteiger partial charge in [0.1, 0.15) is 0 Å². The van der Waals surface area contributed by atoms with E-state index in [1.165, 1.54) is 49.3 Å². The van der Waals surface area contributed by atoms with Gasteiger partial charge in [0.2, 0.25) is 0 Å². The van der Waals surface area contributed by atoms with Crippen LogP contribution in [-0.4, -0.2) is 26.7 Å². The summed E-state index contributed by atoms with van der Waals surface area (Å²) in [4.78, 5) is 2.41. The Balaban J connectivity index is 1.98. The van der Waals surface area contributed by atoms with E-state index in [0.717, 1.165) is 5.92 Å². The van der Waals surface area contributed by atoms with Crippen LogP contribution in [0.25, 0.3) is 0 Å². The minimum atomic E-state index is 0.850. The Labute approximate surface area is 105 Å². The highest BCUT2D eigenvalue weighted by Gasteiger charge is 2.15. The fraction of sp³-hybridized carbons (Fsp3) is 0.600. The van der Waals surface area contributed by atoms with Gasteiger partial charge in [-0.05, 0) is 69.0 Å². The summed E-state index contributed by atoms with van der Waals surface area (Å²) in [6.07, 6.45) is 2.63. The summed E-state index contributed by atoms with van der Waals surface area (Å²) in [7, 11) is 2.21. The van der Waals surface area contributed by atoms with Crippen LogP contribution >= 0.6 is 0 Å². The van der Waals surface area contributed by atoms with E-state index >= 15 is 0 Å². The molecule has 17 heavy (non-hydrogen) atoms. The summed E-state index contributed by atoms with van der Waals surface area (Å²) in [6, 6.07) is 6.77. The first-order valence-corrected chi connectivity index (χ1v) is 6.66. The highest BCUT2D eigenvalue weighted by Crippen LogP contribution is 2.21. The van der Waals surface area contributed by atoms with Gasteiger partial charge in [-0.15, -0.1) is 0 Å². The molecular formula is C15H24N2. The van der Waals surface area contributed by atoms with Gasteiger partial charge in [0, 0.05) is 19.3 Å². The summed E-state index contributed by atoms with van der Waals surface area (Å²) < 4.78 is 0. The van der Waals surface area contributed by atoms with Gasteiger partial charge in [0.25, 0.3) is 0 Å². The molecule has 1 aromatic carbocycles. The number of anilines is 1. The fourth-order valence-electron chi connectivity index (χ4n) is 2.52. The zero-order valence-corrected chi connectivity index (χ0v) is 11.3. The first kappa shape index (κ1) is 12.4. The van der Waals surface area contributed by atoms with Crippen molar-refractivity contribution < 1.29 is 0 Å². The Hall–Kier alpha value is -1.02. The van der Waals surface area contributed by atoms with Gasteiger partial charge in [0.15, 0.2) is 0 Å². The molecule has 0 radical (unpaired) electrons. The van der Waals surface area contributed by atoms with Crippen molar-refractivity contribution in [3.8, 4) is 0 Å². The number of benzene rings is 1. The molecule has 1 saturated heterocycles. The van der Waals surface area contributed by atoms with E-state index in [-0.39, 0.29) is 0 Å². The number of rotatable bonds is 3. The van der Waals surface area contributed by atoms with Crippen LogP contribution in [0, 0.1) is 19.8 Å². The van der Waals surface area contributed by atoms with Crippen molar-refractivity contribution in [3.05, 3.63) is 29.3 Å². The van der Waals surface area contributed by atoms with Gasteiger partial charge in [0.05, 0.1) is 0 Å². The van der Waals surface area contributed by atoms with Crippen LogP contribution in [0.5, 0.6) is 0 Å². The molecule has 94 valence electrons. The summed E-state index contributed by atoms with van der Waals surface area (Å²) >= 11 is 0. The average Bonchev–Trinajstić information content (AvgIpc) is 2.34. The zero-order chi connectivity index (χ0) is 12.3. The minimum absolute atomic E-state index is 0.850. The second-order valence-corrected chi connectivity index (χ2v) is 5.34. The molecule has 0 bridgehead atoms. The SMILES string of the molecule is Cc1ccc(N(C)CC2CCNCC2)cc1C. The van der Waals surface area contributed by atoms with Crippen LogP contribution < -0.4 is 10.2 Å². The minimum Gasteiger partial charge on any atom is -0.374 e. The summed E-state index contributed by atoms with van der Waals surface area (Å²) in [6.45, 7) is 7.92. The van der Waals surface area contributed by atoms with Gasteiger partial charge in [-0.3, -0.25) is 0 Å². The first-order chi connectivity index (χ1) is 8.16. The highest BCUT2D eigenvalue weighted by atomic mass is 15.1. The van der Waals surface area contributed by atoms with E-state index in [2.05, 4.69) is 49.3 Å². The Morgan fingerprint density at radius 2 is 1.88 bits per heavy atom. The van der Waals surface area contributed by atoms with Crippen molar-refractivity contribution in [1.82, 2.24) is 5.32 Å². The monoisotopic (exact) mass is 232 g/mol. The second kappa shape index (κ2) is 5.54. The standard InChI is InChI=1S/C15H24N2/c1-12-4-5-15(10-13(12)2)17(3)11-14-6-8-16-9-7-14/h4-5,10,14,16H,6-9,11H2,1-3H3. The quantitative estimate of drug-likeness (QED) is 0.862. The van der Waals surface area contributed by atoms with Crippen LogP contribution in [-0.2, 0) is 0 Å². The maximum atomic E-state index is 3.43. The summed E-state index contributed by atoms with van der Waals surface area (Å²) in [5, 5.41) is 3.43. The van der Waals surface area contributed by atoms with Crippen molar-refractivity contribution in [2.24, 2.45) is 5.92 Å². The van der Waals surface area contributed by atoms with Crippen molar-refractivity contribution >= 4 is 5.69 Å². The molecule has 0 unspecified atom stereocenters. The first-order valence-electron chi connectivity index (χ1n) is 6.66. The topological polar surface area (TPSA) is 15.3 Å². The summed E-state index contributed by atoms with van der Waals surface area (Å²) in [5.74, 6) is 0.850. The van der Waals surface area contributed by atoms with Crippen molar-refractivity contribution in [3.63, 3.8) is 0 Å². The van der Waals surface area contributed by atoms with E-state index in [4.69, 9.17) is 0 Å². The maximum Gasteiger partial charge on any atom is 0.0366 e. The number of hydrogen-bond acceptors (Lipinski definition) is 2. The lowest BCUT2D eigenvalue weighted by Gasteiger charge is -2.29. The number of nitrogens with zero attached hydrogens (tertiary/aromatic N) is 1. The molecule has 0 amide bonds. The Morgan fingerprint density at radius 1 is 1.18 bits per heavy atom. The molecule has 2 heteroatoms. The molecule has 0 atom stereocenters. The normalized spacial score (nSPS) is 17.1. The molecule has 1 aromatic rings. The predicted molar refractivity (Wildman–Crippen MR) is 74.8 cm³/mol. The molecule has 1 heterocycles. The molecule has 0 saturated carbocycles. The predicted octanol–water partition coefficient (Wildman–Crippen LogP) is 2.74. The molecule has 1 fully saturated rings. The molecule has 0 aromatic heterocycles. The van der Waals surface area contributed by atoms with E-state index in [0.29, 0.717) is 0 Å². The third-order valence-corrected chi connectivity index (χ3v) is 3.92. The van der Waals surface area contributed by atoms with Gasteiger partial charge in [-0.1, -0.05) is 6.07 Å². The number of nitrogens with one attached hydrogen (secondary N) is 1. The number of aryl methyl sites for hydroxylation is 2. The second-order valence-electron chi connectivity index (χ2n) is 5.34. The van der Waals surface area contributed by atoms with Gasteiger partial charge in [-0.25, -0.2) is 0 Å². The van der Waals surface area contributed by atoms with Crippen LogP contribution in [0.3, 0.4) is 0 Å². The molecule has 1 aliphatic rings. The maximum absolute atomic E-state index is 3.43. The lowest BCUT2D eigenvalue weighted by atomic mass is 9.97. The molecule has 2 rings (SSSR count). The van der Waals surface area contributed by atoms with Crippen LogP contribution in [0.15, 0.2) is 18.2 Å². The van der Waals surface area contributed by atoms with Crippen LogP contribution in [0.2, 0.25) is 0 Å². The lowest BCUT2D eigenvalue weighted by molar-refractivity contribution is 0.378. The molecular weight excluding hydrogens is 208 g/mol. The van der Waals surface area contributed by atoms with Crippen molar-refractivity contribution in [2.45, 2.75) is 26.7 Å². The largest absolute Gasteiger partial charge is 0.374 e. The van der Waals surface area contributed by atoms with Crippen molar-refractivity contribution in [2.75, 3.05) is 31.6 Å². The Kier molecular flexibility index (Phi) is 4.06. The third kappa shape index (κ3) is 3.22. The lowest BCUT2D eigenvalue weighted by Crippen LogP contribution is -2.34. The van der Waals surface area contributed by atoms with E-state index in [1.54, 1.807) is 0 Å². The van der Waals surface area contributed by atoms with Gasteiger partial charge < -0.3 is 10.2 Å². The highest BCUT2D eigenvalue weighted by molar-refractivity contribution is 5.50. The van der Waals surface area contributed by atoms with Gasteiger partial charge in [-0.2, -0.15) is 0 Å². The van der Waals surface area contributed by atoms with Crippen LogP contribution in [0.4, 0.5) is 5.69 Å². The number of piperidine rings is 1. The molecule has 0 spiro atoms. The third-order valence-electron chi connectivity index (χ3n) is 3.92. The molecule has 2 nitrogen and oxygen atoms in total. The Morgan fingerprint density at radius 3 is 2.53 bits per heavy atom.